The van der Waals surface area contributed by atoms with Gasteiger partial charge in [-0.05, 0) is 42.8 Å². The number of carbonyl (C=O) groups excluding carboxylic acids is 2. The number of amides is 1. The van der Waals surface area contributed by atoms with Gasteiger partial charge in [-0.1, -0.05) is 35.3 Å². The smallest absolute Gasteiger partial charge is 0.321 e. The Kier molecular flexibility index (Phi) is 8.19. The fourth-order valence-electron chi connectivity index (χ4n) is 2.47. The Morgan fingerprint density at radius 1 is 1.17 bits per heavy atom. The molecule has 162 valence electrons. The van der Waals surface area contributed by atoms with Crippen molar-refractivity contribution in [3.05, 3.63) is 63.9 Å². The van der Waals surface area contributed by atoms with Crippen molar-refractivity contribution in [1.82, 2.24) is 9.62 Å². The molecule has 0 aliphatic rings. The summed E-state index contributed by atoms with van der Waals surface area (Å²) >= 11 is 11.6. The molecule has 30 heavy (non-hydrogen) atoms. The van der Waals surface area contributed by atoms with Gasteiger partial charge in [0.1, 0.15) is 12.4 Å². The van der Waals surface area contributed by atoms with Crippen LogP contribution in [0.5, 0.6) is 0 Å². The second kappa shape index (κ2) is 10.2. The summed E-state index contributed by atoms with van der Waals surface area (Å²) in [4.78, 5) is 25.4. The minimum absolute atomic E-state index is 0.0441. The Hall–Kier alpha value is -2.20. The molecule has 2 rings (SSSR count). The SMILES string of the molecule is CC(OC(=O)CNS(=O)(=O)c1ccc(Cl)c(Cl)c1)C(=O)N(C)Cc1cccc(F)c1. The number of ether oxygens (including phenoxy) is 1. The molecule has 2 aromatic carbocycles. The van der Waals surface area contributed by atoms with Crippen molar-refractivity contribution in [2.24, 2.45) is 0 Å². The predicted octanol–water partition coefficient (Wildman–Crippen LogP) is 3.00. The topological polar surface area (TPSA) is 92.8 Å². The minimum atomic E-state index is -4.04. The average Bonchev–Trinajstić information content (AvgIpc) is 2.67. The zero-order valence-electron chi connectivity index (χ0n) is 16.1. The number of hydrogen-bond acceptors (Lipinski definition) is 5. The van der Waals surface area contributed by atoms with E-state index in [2.05, 4.69) is 4.72 Å². The number of halogens is 3. The fraction of sp³-hybridized carbons (Fsp3) is 0.263. The largest absolute Gasteiger partial charge is 0.452 e. The standard InChI is InChI=1S/C19H19Cl2FN2O5S/c1-12(19(26)24(2)11-13-4-3-5-14(22)8-13)29-18(25)10-23-30(27,28)15-6-7-16(20)17(21)9-15/h3-9,12,23H,10-11H2,1-2H3. The zero-order valence-corrected chi connectivity index (χ0v) is 18.4. The van der Waals surface area contributed by atoms with E-state index in [0.717, 1.165) is 6.07 Å². The van der Waals surface area contributed by atoms with Crippen molar-refractivity contribution in [2.45, 2.75) is 24.5 Å². The molecular formula is C19H19Cl2FN2O5S. The van der Waals surface area contributed by atoms with E-state index in [1.54, 1.807) is 6.07 Å². The van der Waals surface area contributed by atoms with Crippen molar-refractivity contribution in [1.29, 1.82) is 0 Å². The summed E-state index contributed by atoms with van der Waals surface area (Å²) in [5.41, 5.74) is 0.568. The van der Waals surface area contributed by atoms with Crippen LogP contribution in [0.4, 0.5) is 4.39 Å². The van der Waals surface area contributed by atoms with Crippen molar-refractivity contribution >= 4 is 45.1 Å². The first-order valence-electron chi connectivity index (χ1n) is 8.63. The molecule has 0 aliphatic heterocycles. The van der Waals surface area contributed by atoms with Crippen molar-refractivity contribution in [2.75, 3.05) is 13.6 Å². The van der Waals surface area contributed by atoms with Gasteiger partial charge in [0.2, 0.25) is 10.0 Å². The van der Waals surface area contributed by atoms with E-state index in [-0.39, 0.29) is 21.5 Å². The Morgan fingerprint density at radius 2 is 1.87 bits per heavy atom. The highest BCUT2D eigenvalue weighted by Crippen LogP contribution is 2.24. The molecule has 1 unspecified atom stereocenters. The molecular weight excluding hydrogens is 458 g/mol. The van der Waals surface area contributed by atoms with Crippen molar-refractivity contribution in [3.8, 4) is 0 Å². The maximum Gasteiger partial charge on any atom is 0.321 e. The van der Waals surface area contributed by atoms with Gasteiger partial charge in [-0.3, -0.25) is 9.59 Å². The molecule has 0 radical (unpaired) electrons. The van der Waals surface area contributed by atoms with Crippen LogP contribution in [0.1, 0.15) is 12.5 Å². The second-order valence-corrected chi connectivity index (χ2v) is 8.94. The lowest BCUT2D eigenvalue weighted by molar-refractivity contribution is -0.157. The summed E-state index contributed by atoms with van der Waals surface area (Å²) in [5.74, 6) is -1.90. The van der Waals surface area contributed by atoms with E-state index < -0.39 is 40.4 Å². The van der Waals surface area contributed by atoms with Crippen molar-refractivity contribution < 1.29 is 27.1 Å². The number of hydrogen-bond donors (Lipinski definition) is 1. The molecule has 0 saturated heterocycles. The van der Waals surface area contributed by atoms with Gasteiger partial charge >= 0.3 is 5.97 Å². The third-order valence-corrected chi connectivity index (χ3v) is 6.09. The van der Waals surface area contributed by atoms with E-state index >= 15 is 0 Å². The first-order chi connectivity index (χ1) is 14.0. The van der Waals surface area contributed by atoms with E-state index in [1.165, 1.54) is 49.2 Å². The number of sulfonamides is 1. The summed E-state index contributed by atoms with van der Waals surface area (Å²) in [5, 5.41) is 0.229. The molecule has 0 spiro atoms. The van der Waals surface area contributed by atoms with E-state index in [0.29, 0.717) is 5.56 Å². The van der Waals surface area contributed by atoms with Crippen LogP contribution in [-0.4, -0.2) is 44.9 Å². The lowest BCUT2D eigenvalue weighted by Gasteiger charge is -2.21. The molecule has 1 N–H and O–H groups in total. The second-order valence-electron chi connectivity index (χ2n) is 6.36. The summed E-state index contributed by atoms with van der Waals surface area (Å²) in [6.07, 6.45) is -1.16. The number of nitrogens with zero attached hydrogens (tertiary/aromatic N) is 1. The molecule has 0 fully saturated rings. The quantitative estimate of drug-likeness (QED) is 0.591. The third-order valence-electron chi connectivity index (χ3n) is 3.95. The number of carbonyl (C=O) groups is 2. The molecule has 0 aromatic heterocycles. The third kappa shape index (κ3) is 6.66. The molecule has 1 atom stereocenters. The maximum atomic E-state index is 13.3. The summed E-state index contributed by atoms with van der Waals surface area (Å²) in [6, 6.07) is 9.44. The minimum Gasteiger partial charge on any atom is -0.452 e. The first kappa shape index (κ1) is 24.1. The van der Waals surface area contributed by atoms with Gasteiger partial charge in [0.05, 0.1) is 14.9 Å². The molecule has 2 aromatic rings. The van der Waals surface area contributed by atoms with E-state index in [9.17, 15) is 22.4 Å². The van der Waals surface area contributed by atoms with Gasteiger partial charge in [0, 0.05) is 13.6 Å². The summed E-state index contributed by atoms with van der Waals surface area (Å²) < 4.78 is 44.8. The molecule has 0 aliphatic carbocycles. The number of benzene rings is 2. The lowest BCUT2D eigenvalue weighted by atomic mass is 10.2. The molecule has 0 heterocycles. The van der Waals surface area contributed by atoms with Gasteiger partial charge in [0.15, 0.2) is 6.10 Å². The Morgan fingerprint density at radius 3 is 2.50 bits per heavy atom. The number of nitrogens with one attached hydrogen (secondary N) is 1. The number of rotatable bonds is 8. The molecule has 11 heteroatoms. The Bertz CT molecular complexity index is 1050. The molecule has 0 bridgehead atoms. The fourth-order valence-corrected chi connectivity index (χ4v) is 3.83. The Balaban J connectivity index is 1.90. The van der Waals surface area contributed by atoms with Crippen LogP contribution in [0.3, 0.4) is 0 Å². The van der Waals surface area contributed by atoms with Crippen LogP contribution >= 0.6 is 23.2 Å². The number of likely N-dealkylation sites (N-methyl/N-ethyl adjacent to an activating group) is 1. The van der Waals surface area contributed by atoms with Gasteiger partial charge in [-0.25, -0.2) is 12.8 Å². The van der Waals surface area contributed by atoms with E-state index in [4.69, 9.17) is 27.9 Å². The normalized spacial score (nSPS) is 12.3. The van der Waals surface area contributed by atoms with Gasteiger partial charge in [-0.2, -0.15) is 4.72 Å². The van der Waals surface area contributed by atoms with Gasteiger partial charge < -0.3 is 9.64 Å². The summed E-state index contributed by atoms with van der Waals surface area (Å²) in [6.45, 7) is 0.784. The van der Waals surface area contributed by atoms with Gasteiger partial charge in [-0.15, -0.1) is 0 Å². The highest BCUT2D eigenvalue weighted by molar-refractivity contribution is 7.89. The van der Waals surface area contributed by atoms with Gasteiger partial charge in [0.25, 0.3) is 5.91 Å². The molecule has 0 saturated carbocycles. The van der Waals surface area contributed by atoms with Crippen LogP contribution in [0, 0.1) is 5.82 Å². The summed E-state index contributed by atoms with van der Waals surface area (Å²) in [7, 11) is -2.56. The number of esters is 1. The average molecular weight is 477 g/mol. The zero-order chi connectivity index (χ0) is 22.5. The van der Waals surface area contributed by atoms with Crippen LogP contribution in [-0.2, 0) is 30.9 Å². The Labute approximate surface area is 183 Å². The van der Waals surface area contributed by atoms with Crippen LogP contribution in [0.15, 0.2) is 47.4 Å². The predicted molar refractivity (Wildman–Crippen MR) is 110 cm³/mol. The first-order valence-corrected chi connectivity index (χ1v) is 10.9. The van der Waals surface area contributed by atoms with Crippen LogP contribution < -0.4 is 4.72 Å². The van der Waals surface area contributed by atoms with Crippen LogP contribution in [0.2, 0.25) is 10.0 Å². The van der Waals surface area contributed by atoms with Crippen LogP contribution in [0.25, 0.3) is 0 Å². The highest BCUT2D eigenvalue weighted by Gasteiger charge is 2.23. The maximum absolute atomic E-state index is 13.3. The molecule has 7 nitrogen and oxygen atoms in total. The monoisotopic (exact) mass is 476 g/mol. The van der Waals surface area contributed by atoms with E-state index in [1.807, 2.05) is 0 Å². The highest BCUT2D eigenvalue weighted by atomic mass is 35.5. The van der Waals surface area contributed by atoms with Crippen molar-refractivity contribution in [3.63, 3.8) is 0 Å². The lowest BCUT2D eigenvalue weighted by Crippen LogP contribution is -2.39. The molecule has 1 amide bonds.